The van der Waals surface area contributed by atoms with Crippen molar-refractivity contribution in [2.24, 2.45) is 0 Å². The van der Waals surface area contributed by atoms with E-state index in [1.54, 1.807) is 13.2 Å². The fourth-order valence-electron chi connectivity index (χ4n) is 2.05. The predicted molar refractivity (Wildman–Crippen MR) is 74.6 cm³/mol. The van der Waals surface area contributed by atoms with Crippen LogP contribution in [0, 0.1) is 11.6 Å². The Morgan fingerprint density at radius 2 is 1.85 bits per heavy atom. The maximum atomic E-state index is 13.1. The molecule has 2 nitrogen and oxygen atoms in total. The minimum Gasteiger partial charge on any atom is -0.496 e. The molecule has 106 valence electrons. The molecule has 0 fully saturated rings. The van der Waals surface area contributed by atoms with Gasteiger partial charge in [0, 0.05) is 18.2 Å². The van der Waals surface area contributed by atoms with Crippen LogP contribution in [0.3, 0.4) is 0 Å². The van der Waals surface area contributed by atoms with Crippen molar-refractivity contribution >= 4 is 0 Å². The summed E-state index contributed by atoms with van der Waals surface area (Å²) >= 11 is 0. The third-order valence-corrected chi connectivity index (χ3v) is 3.20. The average molecular weight is 277 g/mol. The maximum Gasteiger partial charge on any atom is 0.159 e. The first-order valence-electron chi connectivity index (χ1n) is 6.42. The molecule has 0 heterocycles. The van der Waals surface area contributed by atoms with Gasteiger partial charge in [-0.3, -0.25) is 0 Å². The van der Waals surface area contributed by atoms with Crippen LogP contribution in [0.5, 0.6) is 5.75 Å². The Morgan fingerprint density at radius 3 is 2.55 bits per heavy atom. The van der Waals surface area contributed by atoms with Crippen LogP contribution in [0.2, 0.25) is 0 Å². The van der Waals surface area contributed by atoms with Crippen molar-refractivity contribution < 1.29 is 13.5 Å². The molecule has 0 spiro atoms. The Hall–Kier alpha value is -1.94. The van der Waals surface area contributed by atoms with E-state index in [9.17, 15) is 8.78 Å². The fourth-order valence-corrected chi connectivity index (χ4v) is 2.05. The molecule has 0 aliphatic rings. The van der Waals surface area contributed by atoms with Gasteiger partial charge in [-0.25, -0.2) is 8.78 Å². The van der Waals surface area contributed by atoms with E-state index in [2.05, 4.69) is 5.32 Å². The van der Waals surface area contributed by atoms with Gasteiger partial charge in [-0.2, -0.15) is 0 Å². The van der Waals surface area contributed by atoms with Crippen LogP contribution >= 0.6 is 0 Å². The Kier molecular flexibility index (Phi) is 4.69. The molecule has 0 aromatic heterocycles. The SMILES string of the molecule is COc1ccccc1C(C)NCc1ccc(F)c(F)c1. The summed E-state index contributed by atoms with van der Waals surface area (Å²) in [6.45, 7) is 2.45. The molecule has 0 radical (unpaired) electrons. The molecule has 2 aromatic rings. The van der Waals surface area contributed by atoms with Gasteiger partial charge in [0.25, 0.3) is 0 Å². The van der Waals surface area contributed by atoms with E-state index in [0.29, 0.717) is 12.1 Å². The molecule has 0 amide bonds. The third kappa shape index (κ3) is 3.33. The zero-order valence-electron chi connectivity index (χ0n) is 11.5. The lowest BCUT2D eigenvalue weighted by atomic mass is 10.1. The molecule has 0 saturated heterocycles. The summed E-state index contributed by atoms with van der Waals surface area (Å²) in [5.74, 6) is -0.849. The third-order valence-electron chi connectivity index (χ3n) is 3.20. The van der Waals surface area contributed by atoms with E-state index < -0.39 is 11.6 Å². The summed E-state index contributed by atoms with van der Waals surface area (Å²) in [7, 11) is 1.63. The number of hydrogen-bond donors (Lipinski definition) is 1. The maximum absolute atomic E-state index is 13.1. The average Bonchev–Trinajstić information content (AvgIpc) is 2.48. The Bertz CT molecular complexity index is 586. The highest BCUT2D eigenvalue weighted by atomic mass is 19.2. The first-order chi connectivity index (χ1) is 9.61. The lowest BCUT2D eigenvalue weighted by Gasteiger charge is -2.17. The Morgan fingerprint density at radius 1 is 1.10 bits per heavy atom. The van der Waals surface area contributed by atoms with Crippen molar-refractivity contribution in [1.29, 1.82) is 0 Å². The van der Waals surface area contributed by atoms with Gasteiger partial charge < -0.3 is 10.1 Å². The first kappa shape index (κ1) is 14.5. The van der Waals surface area contributed by atoms with Crippen LogP contribution in [0.15, 0.2) is 42.5 Å². The second kappa shape index (κ2) is 6.48. The van der Waals surface area contributed by atoms with Crippen molar-refractivity contribution in [3.05, 3.63) is 65.2 Å². The van der Waals surface area contributed by atoms with Gasteiger partial charge in [0.1, 0.15) is 5.75 Å². The van der Waals surface area contributed by atoms with Gasteiger partial charge in [0.15, 0.2) is 11.6 Å². The topological polar surface area (TPSA) is 21.3 Å². The van der Waals surface area contributed by atoms with Crippen molar-refractivity contribution in [3.63, 3.8) is 0 Å². The molecule has 2 rings (SSSR count). The zero-order valence-corrected chi connectivity index (χ0v) is 11.5. The molecule has 0 aliphatic carbocycles. The highest BCUT2D eigenvalue weighted by molar-refractivity contribution is 5.35. The number of benzene rings is 2. The quantitative estimate of drug-likeness (QED) is 0.897. The van der Waals surface area contributed by atoms with Crippen molar-refractivity contribution in [2.45, 2.75) is 19.5 Å². The van der Waals surface area contributed by atoms with E-state index >= 15 is 0 Å². The number of para-hydroxylation sites is 1. The normalized spacial score (nSPS) is 12.2. The lowest BCUT2D eigenvalue weighted by molar-refractivity contribution is 0.401. The summed E-state index contributed by atoms with van der Waals surface area (Å²) in [6, 6.07) is 11.7. The van der Waals surface area contributed by atoms with Crippen LogP contribution in [-0.2, 0) is 6.54 Å². The van der Waals surface area contributed by atoms with E-state index in [0.717, 1.165) is 17.4 Å². The van der Waals surface area contributed by atoms with Gasteiger partial charge in [-0.15, -0.1) is 0 Å². The number of methoxy groups -OCH3 is 1. The predicted octanol–water partition coefficient (Wildman–Crippen LogP) is 3.82. The number of ether oxygens (including phenoxy) is 1. The zero-order chi connectivity index (χ0) is 14.5. The van der Waals surface area contributed by atoms with E-state index in [4.69, 9.17) is 4.74 Å². The van der Waals surface area contributed by atoms with Crippen molar-refractivity contribution in [2.75, 3.05) is 7.11 Å². The molecule has 1 atom stereocenters. The van der Waals surface area contributed by atoms with Crippen LogP contribution < -0.4 is 10.1 Å². The number of halogens is 2. The Balaban J connectivity index is 2.04. The molecule has 20 heavy (non-hydrogen) atoms. The first-order valence-corrected chi connectivity index (χ1v) is 6.42. The summed E-state index contributed by atoms with van der Waals surface area (Å²) < 4.78 is 31.3. The molecule has 4 heteroatoms. The molecule has 0 bridgehead atoms. The van der Waals surface area contributed by atoms with Gasteiger partial charge in [0.2, 0.25) is 0 Å². The molecule has 1 N–H and O–H groups in total. The monoisotopic (exact) mass is 277 g/mol. The van der Waals surface area contributed by atoms with Gasteiger partial charge in [-0.05, 0) is 30.7 Å². The molecular weight excluding hydrogens is 260 g/mol. The van der Waals surface area contributed by atoms with Crippen molar-refractivity contribution in [3.8, 4) is 5.75 Å². The summed E-state index contributed by atoms with van der Waals surface area (Å²) in [5, 5.41) is 3.27. The molecule has 0 aliphatic heterocycles. The van der Waals surface area contributed by atoms with Crippen LogP contribution in [0.4, 0.5) is 8.78 Å². The van der Waals surface area contributed by atoms with Crippen LogP contribution in [0.25, 0.3) is 0 Å². The minimum atomic E-state index is -0.827. The standard InChI is InChI=1S/C16H17F2NO/c1-11(13-5-3-4-6-16(13)20-2)19-10-12-7-8-14(17)15(18)9-12/h3-9,11,19H,10H2,1-2H3. The van der Waals surface area contributed by atoms with Crippen LogP contribution in [-0.4, -0.2) is 7.11 Å². The van der Waals surface area contributed by atoms with Crippen molar-refractivity contribution in [1.82, 2.24) is 5.32 Å². The largest absolute Gasteiger partial charge is 0.496 e. The summed E-state index contributed by atoms with van der Waals surface area (Å²) in [4.78, 5) is 0. The van der Waals surface area contributed by atoms with E-state index in [-0.39, 0.29) is 6.04 Å². The highest BCUT2D eigenvalue weighted by Crippen LogP contribution is 2.24. The van der Waals surface area contributed by atoms with E-state index in [1.807, 2.05) is 31.2 Å². The van der Waals surface area contributed by atoms with Gasteiger partial charge in [0.05, 0.1) is 7.11 Å². The molecular formula is C16H17F2NO. The van der Waals surface area contributed by atoms with E-state index in [1.165, 1.54) is 6.07 Å². The fraction of sp³-hybridized carbons (Fsp3) is 0.250. The highest BCUT2D eigenvalue weighted by Gasteiger charge is 2.10. The molecule has 0 saturated carbocycles. The molecule has 1 unspecified atom stereocenters. The number of hydrogen-bond acceptors (Lipinski definition) is 2. The summed E-state index contributed by atoms with van der Waals surface area (Å²) in [6.07, 6.45) is 0. The number of rotatable bonds is 5. The van der Waals surface area contributed by atoms with Crippen LogP contribution in [0.1, 0.15) is 24.1 Å². The summed E-state index contributed by atoms with van der Waals surface area (Å²) in [5.41, 5.74) is 1.73. The number of nitrogens with one attached hydrogen (secondary N) is 1. The lowest BCUT2D eigenvalue weighted by Crippen LogP contribution is -2.18. The minimum absolute atomic E-state index is 0.0410. The molecule has 2 aromatic carbocycles. The van der Waals surface area contributed by atoms with Gasteiger partial charge in [-0.1, -0.05) is 24.3 Å². The van der Waals surface area contributed by atoms with Gasteiger partial charge >= 0.3 is 0 Å². The second-order valence-corrected chi connectivity index (χ2v) is 4.59. The smallest absolute Gasteiger partial charge is 0.159 e. The second-order valence-electron chi connectivity index (χ2n) is 4.59. The Labute approximate surface area is 117 Å².